The van der Waals surface area contributed by atoms with Gasteiger partial charge < -0.3 is 14.6 Å². The highest BCUT2D eigenvalue weighted by Gasteiger charge is 2.20. The number of nitrogens with zero attached hydrogens (tertiary/aromatic N) is 2. The second-order valence-electron chi connectivity index (χ2n) is 5.53. The van der Waals surface area contributed by atoms with Crippen molar-refractivity contribution in [1.29, 1.82) is 0 Å². The standard InChI is InChI=1S/C14H26N2O4/c17-14(18)3-4-16(12-13-2-1-9-20-13)6-5-15-7-10-19-11-8-15/h13H,1-12H2,(H,17,18). The molecule has 2 fully saturated rings. The first-order valence-corrected chi connectivity index (χ1v) is 7.60. The lowest BCUT2D eigenvalue weighted by Gasteiger charge is -2.30. The lowest BCUT2D eigenvalue weighted by atomic mass is 10.2. The number of ether oxygens (including phenoxy) is 2. The highest BCUT2D eigenvalue weighted by molar-refractivity contribution is 5.66. The van der Waals surface area contributed by atoms with Crippen LogP contribution in [0.15, 0.2) is 0 Å². The molecule has 1 atom stereocenters. The van der Waals surface area contributed by atoms with Crippen LogP contribution < -0.4 is 0 Å². The number of carboxylic acids is 1. The molecule has 0 bridgehead atoms. The summed E-state index contributed by atoms with van der Waals surface area (Å²) in [5.74, 6) is -0.728. The van der Waals surface area contributed by atoms with E-state index in [1.807, 2.05) is 0 Å². The van der Waals surface area contributed by atoms with Gasteiger partial charge in [0.15, 0.2) is 0 Å². The molecule has 2 saturated heterocycles. The van der Waals surface area contributed by atoms with Gasteiger partial charge in [0, 0.05) is 45.9 Å². The maximum absolute atomic E-state index is 10.8. The van der Waals surface area contributed by atoms with E-state index in [2.05, 4.69) is 9.80 Å². The summed E-state index contributed by atoms with van der Waals surface area (Å²) in [4.78, 5) is 15.4. The summed E-state index contributed by atoms with van der Waals surface area (Å²) in [6.07, 6.45) is 2.71. The summed E-state index contributed by atoms with van der Waals surface area (Å²) in [7, 11) is 0. The van der Waals surface area contributed by atoms with Gasteiger partial charge in [-0.2, -0.15) is 0 Å². The Balaban J connectivity index is 1.72. The van der Waals surface area contributed by atoms with Crippen LogP contribution in [0.2, 0.25) is 0 Å². The summed E-state index contributed by atoms with van der Waals surface area (Å²) in [6, 6.07) is 0. The predicted molar refractivity (Wildman–Crippen MR) is 74.9 cm³/mol. The Morgan fingerprint density at radius 2 is 2.05 bits per heavy atom. The van der Waals surface area contributed by atoms with Gasteiger partial charge >= 0.3 is 5.97 Å². The number of hydrogen-bond acceptors (Lipinski definition) is 5. The lowest BCUT2D eigenvalue weighted by Crippen LogP contribution is -2.43. The van der Waals surface area contributed by atoms with Gasteiger partial charge in [0.25, 0.3) is 0 Å². The molecule has 2 aliphatic heterocycles. The molecule has 1 unspecified atom stereocenters. The van der Waals surface area contributed by atoms with Crippen LogP contribution in [0.5, 0.6) is 0 Å². The van der Waals surface area contributed by atoms with Gasteiger partial charge in [0.05, 0.1) is 25.7 Å². The second-order valence-corrected chi connectivity index (χ2v) is 5.53. The Morgan fingerprint density at radius 3 is 2.70 bits per heavy atom. The van der Waals surface area contributed by atoms with Crippen molar-refractivity contribution in [3.63, 3.8) is 0 Å². The van der Waals surface area contributed by atoms with E-state index in [9.17, 15) is 4.79 Å². The molecule has 2 rings (SSSR count). The summed E-state index contributed by atoms with van der Waals surface area (Å²) < 4.78 is 11.0. The molecule has 0 aliphatic carbocycles. The third kappa shape index (κ3) is 5.75. The maximum atomic E-state index is 10.8. The minimum Gasteiger partial charge on any atom is -0.481 e. The van der Waals surface area contributed by atoms with Crippen LogP contribution in [0.4, 0.5) is 0 Å². The average molecular weight is 286 g/mol. The van der Waals surface area contributed by atoms with E-state index in [0.29, 0.717) is 6.54 Å². The van der Waals surface area contributed by atoms with Gasteiger partial charge in [-0.25, -0.2) is 0 Å². The molecular formula is C14H26N2O4. The molecule has 0 aromatic carbocycles. The fourth-order valence-electron chi connectivity index (χ4n) is 2.73. The second kappa shape index (κ2) is 8.56. The van der Waals surface area contributed by atoms with Crippen molar-refractivity contribution in [2.45, 2.75) is 25.4 Å². The Kier molecular flexibility index (Phi) is 6.72. The van der Waals surface area contributed by atoms with Crippen molar-refractivity contribution in [3.8, 4) is 0 Å². The van der Waals surface area contributed by atoms with E-state index in [4.69, 9.17) is 14.6 Å². The SMILES string of the molecule is O=C(O)CCN(CCN1CCOCC1)CC1CCCO1. The van der Waals surface area contributed by atoms with Crippen molar-refractivity contribution >= 4 is 5.97 Å². The van der Waals surface area contributed by atoms with Gasteiger partial charge in [-0.05, 0) is 12.8 Å². The smallest absolute Gasteiger partial charge is 0.304 e. The molecule has 0 radical (unpaired) electrons. The van der Waals surface area contributed by atoms with E-state index in [-0.39, 0.29) is 12.5 Å². The van der Waals surface area contributed by atoms with E-state index >= 15 is 0 Å². The molecule has 0 spiro atoms. The van der Waals surface area contributed by atoms with Gasteiger partial charge in [0.1, 0.15) is 0 Å². The largest absolute Gasteiger partial charge is 0.481 e. The maximum Gasteiger partial charge on any atom is 0.304 e. The summed E-state index contributed by atoms with van der Waals surface area (Å²) in [5, 5.41) is 8.86. The molecular weight excluding hydrogens is 260 g/mol. The van der Waals surface area contributed by atoms with Crippen LogP contribution in [0.1, 0.15) is 19.3 Å². The van der Waals surface area contributed by atoms with Crippen LogP contribution in [0.25, 0.3) is 0 Å². The summed E-state index contributed by atoms with van der Waals surface area (Å²) in [5.41, 5.74) is 0. The third-order valence-corrected chi connectivity index (χ3v) is 3.96. The predicted octanol–water partition coefficient (Wildman–Crippen LogP) is 0.274. The Morgan fingerprint density at radius 1 is 1.25 bits per heavy atom. The highest BCUT2D eigenvalue weighted by Crippen LogP contribution is 2.13. The van der Waals surface area contributed by atoms with Crippen molar-refractivity contribution in [3.05, 3.63) is 0 Å². The fraction of sp³-hybridized carbons (Fsp3) is 0.929. The average Bonchev–Trinajstić information content (AvgIpc) is 2.96. The van der Waals surface area contributed by atoms with Gasteiger partial charge in [-0.15, -0.1) is 0 Å². The minimum absolute atomic E-state index is 0.204. The molecule has 20 heavy (non-hydrogen) atoms. The first-order valence-electron chi connectivity index (χ1n) is 7.60. The number of hydrogen-bond donors (Lipinski definition) is 1. The van der Waals surface area contributed by atoms with Crippen molar-refractivity contribution in [1.82, 2.24) is 9.80 Å². The van der Waals surface area contributed by atoms with E-state index < -0.39 is 5.97 Å². The first-order chi connectivity index (χ1) is 9.74. The Labute approximate surface area is 120 Å². The minimum atomic E-state index is -0.728. The van der Waals surface area contributed by atoms with E-state index in [0.717, 1.165) is 65.4 Å². The molecule has 0 aromatic heterocycles. The zero-order chi connectivity index (χ0) is 14.2. The monoisotopic (exact) mass is 286 g/mol. The number of aliphatic carboxylic acids is 1. The van der Waals surface area contributed by atoms with Crippen LogP contribution >= 0.6 is 0 Å². The molecule has 116 valence electrons. The molecule has 0 saturated carbocycles. The van der Waals surface area contributed by atoms with Gasteiger partial charge in [0.2, 0.25) is 0 Å². The fourth-order valence-corrected chi connectivity index (χ4v) is 2.73. The van der Waals surface area contributed by atoms with Crippen LogP contribution in [-0.4, -0.2) is 86.1 Å². The van der Waals surface area contributed by atoms with E-state index in [1.165, 1.54) is 0 Å². The number of rotatable bonds is 8. The Bertz CT molecular complexity index is 289. The highest BCUT2D eigenvalue weighted by atomic mass is 16.5. The van der Waals surface area contributed by atoms with Crippen LogP contribution in [-0.2, 0) is 14.3 Å². The molecule has 0 amide bonds. The molecule has 0 aromatic rings. The zero-order valence-electron chi connectivity index (χ0n) is 12.1. The zero-order valence-corrected chi connectivity index (χ0v) is 12.1. The van der Waals surface area contributed by atoms with E-state index in [1.54, 1.807) is 0 Å². The molecule has 1 N–H and O–H groups in total. The molecule has 6 heteroatoms. The number of morpholine rings is 1. The van der Waals surface area contributed by atoms with Gasteiger partial charge in [-0.1, -0.05) is 0 Å². The lowest BCUT2D eigenvalue weighted by molar-refractivity contribution is -0.137. The van der Waals surface area contributed by atoms with Crippen LogP contribution in [0, 0.1) is 0 Å². The Hall–Kier alpha value is -0.690. The van der Waals surface area contributed by atoms with Crippen molar-refractivity contribution in [2.24, 2.45) is 0 Å². The molecule has 2 heterocycles. The summed E-state index contributed by atoms with van der Waals surface area (Å²) in [6.45, 7) is 7.78. The van der Waals surface area contributed by atoms with Crippen LogP contribution in [0.3, 0.4) is 0 Å². The number of carboxylic acid groups (broad SMARTS) is 1. The van der Waals surface area contributed by atoms with Gasteiger partial charge in [-0.3, -0.25) is 14.6 Å². The van der Waals surface area contributed by atoms with Crippen molar-refractivity contribution in [2.75, 3.05) is 59.1 Å². The molecule has 2 aliphatic rings. The molecule has 6 nitrogen and oxygen atoms in total. The first kappa shape index (κ1) is 15.7. The third-order valence-electron chi connectivity index (χ3n) is 3.96. The topological polar surface area (TPSA) is 62.2 Å². The quantitative estimate of drug-likeness (QED) is 0.691. The van der Waals surface area contributed by atoms with Crippen molar-refractivity contribution < 1.29 is 19.4 Å². The number of carbonyl (C=O) groups is 1. The normalized spacial score (nSPS) is 24.4. The summed E-state index contributed by atoms with van der Waals surface area (Å²) >= 11 is 0.